The van der Waals surface area contributed by atoms with E-state index in [-0.39, 0.29) is 11.8 Å². The number of hydrogen-bond donors (Lipinski definition) is 0. The Bertz CT molecular complexity index is 661. The normalized spacial score (nSPS) is 15.0. The summed E-state index contributed by atoms with van der Waals surface area (Å²) >= 11 is -2.10. The Morgan fingerprint density at radius 1 is 1.05 bits per heavy atom. The van der Waals surface area contributed by atoms with Crippen LogP contribution in [-0.2, 0) is 3.07 Å². The molecule has 4 heteroatoms. The molecular formula is C15H11IO3. The maximum absolute atomic E-state index is 11.8. The molecule has 1 heterocycles. The Morgan fingerprint density at radius 2 is 1.74 bits per heavy atom. The van der Waals surface area contributed by atoms with E-state index in [1.54, 1.807) is 25.1 Å². The molecule has 0 saturated heterocycles. The summed E-state index contributed by atoms with van der Waals surface area (Å²) < 4.78 is 7.62. The van der Waals surface area contributed by atoms with Gasteiger partial charge in [-0.2, -0.15) is 0 Å². The molecule has 2 aromatic carbocycles. The minimum atomic E-state index is -2.10. The van der Waals surface area contributed by atoms with Crippen molar-refractivity contribution in [2.75, 3.05) is 0 Å². The van der Waals surface area contributed by atoms with Crippen LogP contribution in [0, 0.1) is 7.14 Å². The van der Waals surface area contributed by atoms with E-state index in [1.165, 1.54) is 0 Å². The first-order valence-corrected chi connectivity index (χ1v) is 8.83. The van der Waals surface area contributed by atoms with Crippen LogP contribution in [-0.4, -0.2) is 11.8 Å². The van der Waals surface area contributed by atoms with Crippen LogP contribution in [0.15, 0.2) is 48.5 Å². The van der Waals surface area contributed by atoms with Gasteiger partial charge in [-0.05, 0) is 0 Å². The van der Waals surface area contributed by atoms with Gasteiger partial charge >= 0.3 is 118 Å². The van der Waals surface area contributed by atoms with Gasteiger partial charge in [-0.25, -0.2) is 0 Å². The van der Waals surface area contributed by atoms with E-state index in [1.807, 2.05) is 30.3 Å². The van der Waals surface area contributed by atoms with E-state index >= 15 is 0 Å². The third kappa shape index (κ3) is 2.16. The molecule has 0 saturated carbocycles. The first-order valence-electron chi connectivity index (χ1n) is 5.79. The van der Waals surface area contributed by atoms with Crippen molar-refractivity contribution in [3.63, 3.8) is 0 Å². The molecule has 0 spiro atoms. The topological polar surface area (TPSA) is 43.4 Å². The van der Waals surface area contributed by atoms with Gasteiger partial charge in [-0.3, -0.25) is 0 Å². The second-order valence-corrected chi connectivity index (χ2v) is 8.42. The Balaban J connectivity index is 2.00. The minimum absolute atomic E-state index is 0.0409. The summed E-state index contributed by atoms with van der Waals surface area (Å²) in [4.78, 5) is 23.0. The molecule has 19 heavy (non-hydrogen) atoms. The Kier molecular flexibility index (Phi) is 3.10. The van der Waals surface area contributed by atoms with Crippen molar-refractivity contribution in [1.82, 2.24) is 0 Å². The fourth-order valence-corrected chi connectivity index (χ4v) is 6.17. The predicted octanol–water partition coefficient (Wildman–Crippen LogP) is 3.52. The fourth-order valence-electron chi connectivity index (χ4n) is 1.89. The standard InChI is InChI=1S/C15H11IO3/c1-10(17)11-6-8-12(9-7-11)16-14-5-3-2-4-13(14)15(18)19-16/h2-9H,1H3. The van der Waals surface area contributed by atoms with Gasteiger partial charge in [0.1, 0.15) is 0 Å². The van der Waals surface area contributed by atoms with Gasteiger partial charge in [-0.1, -0.05) is 0 Å². The van der Waals surface area contributed by atoms with Gasteiger partial charge in [0.05, 0.1) is 0 Å². The van der Waals surface area contributed by atoms with Crippen LogP contribution >= 0.6 is 20.2 Å². The SMILES string of the molecule is CC(=O)c1ccc(I2OC(=O)c3ccccc32)cc1. The Labute approximate surface area is 118 Å². The second-order valence-electron chi connectivity index (χ2n) is 4.16. The third-order valence-electron chi connectivity index (χ3n) is 2.87. The van der Waals surface area contributed by atoms with Crippen molar-refractivity contribution in [2.24, 2.45) is 0 Å². The Hall–Kier alpha value is -1.69. The molecule has 0 radical (unpaired) electrons. The van der Waals surface area contributed by atoms with Crippen LogP contribution in [0.1, 0.15) is 27.6 Å². The monoisotopic (exact) mass is 366 g/mol. The average molecular weight is 366 g/mol. The molecule has 0 atom stereocenters. The second kappa shape index (κ2) is 4.77. The van der Waals surface area contributed by atoms with Crippen LogP contribution in [0.5, 0.6) is 0 Å². The van der Waals surface area contributed by atoms with Crippen LogP contribution in [0.3, 0.4) is 0 Å². The van der Waals surface area contributed by atoms with Crippen molar-refractivity contribution in [2.45, 2.75) is 6.92 Å². The van der Waals surface area contributed by atoms with E-state index in [4.69, 9.17) is 3.07 Å². The average Bonchev–Trinajstić information content (AvgIpc) is 2.77. The summed E-state index contributed by atoms with van der Waals surface area (Å²) in [6.45, 7) is 1.54. The quantitative estimate of drug-likeness (QED) is 0.604. The molecule has 0 fully saturated rings. The van der Waals surface area contributed by atoms with Gasteiger partial charge in [0, 0.05) is 0 Å². The van der Waals surface area contributed by atoms with Crippen molar-refractivity contribution in [1.29, 1.82) is 0 Å². The maximum atomic E-state index is 11.8. The number of benzene rings is 2. The fraction of sp³-hybridized carbons (Fsp3) is 0.0667. The number of hydrogen-bond acceptors (Lipinski definition) is 3. The number of Topliss-reactive ketones (excluding diaryl/α,β-unsaturated/α-hetero) is 1. The molecule has 96 valence electrons. The van der Waals surface area contributed by atoms with Crippen LogP contribution in [0.4, 0.5) is 0 Å². The zero-order valence-electron chi connectivity index (χ0n) is 10.2. The summed E-state index contributed by atoms with van der Waals surface area (Å²) in [5, 5.41) is 0. The molecule has 0 aromatic heterocycles. The summed E-state index contributed by atoms with van der Waals surface area (Å²) in [7, 11) is 0. The van der Waals surface area contributed by atoms with E-state index in [9.17, 15) is 9.59 Å². The molecular weight excluding hydrogens is 355 g/mol. The summed E-state index contributed by atoms with van der Waals surface area (Å²) in [6.07, 6.45) is 0. The molecule has 0 N–H and O–H groups in total. The number of halogens is 1. The summed E-state index contributed by atoms with van der Waals surface area (Å²) in [5.41, 5.74) is 1.36. The van der Waals surface area contributed by atoms with Crippen molar-refractivity contribution < 1.29 is 12.7 Å². The molecule has 3 rings (SSSR count). The van der Waals surface area contributed by atoms with E-state index in [0.29, 0.717) is 11.1 Å². The molecule has 1 aliphatic rings. The number of carbonyl (C=O) groups excluding carboxylic acids is 2. The van der Waals surface area contributed by atoms with Crippen LogP contribution in [0.2, 0.25) is 0 Å². The molecule has 2 aromatic rings. The molecule has 0 bridgehead atoms. The zero-order chi connectivity index (χ0) is 13.4. The predicted molar refractivity (Wildman–Crippen MR) is 79.7 cm³/mol. The van der Waals surface area contributed by atoms with Gasteiger partial charge < -0.3 is 0 Å². The first kappa shape index (κ1) is 12.3. The van der Waals surface area contributed by atoms with Crippen molar-refractivity contribution in [3.05, 3.63) is 66.8 Å². The van der Waals surface area contributed by atoms with Gasteiger partial charge in [0.25, 0.3) is 0 Å². The summed E-state index contributed by atoms with van der Waals surface area (Å²) in [6, 6.07) is 14.9. The number of fused-ring (bicyclic) bond motifs is 1. The molecule has 1 aliphatic heterocycles. The number of rotatable bonds is 2. The first-order chi connectivity index (χ1) is 9.16. The van der Waals surface area contributed by atoms with Gasteiger partial charge in [0.2, 0.25) is 0 Å². The number of carbonyl (C=O) groups is 2. The van der Waals surface area contributed by atoms with Crippen LogP contribution in [0.25, 0.3) is 0 Å². The van der Waals surface area contributed by atoms with Crippen molar-refractivity contribution in [3.8, 4) is 0 Å². The zero-order valence-corrected chi connectivity index (χ0v) is 12.4. The number of ketones is 1. The van der Waals surface area contributed by atoms with E-state index < -0.39 is 20.2 Å². The van der Waals surface area contributed by atoms with Crippen LogP contribution < -0.4 is 0 Å². The van der Waals surface area contributed by atoms with Gasteiger partial charge in [-0.15, -0.1) is 0 Å². The molecule has 0 amide bonds. The van der Waals surface area contributed by atoms with Crippen molar-refractivity contribution >= 4 is 32.0 Å². The van der Waals surface area contributed by atoms with Gasteiger partial charge in [0.15, 0.2) is 0 Å². The molecule has 0 aliphatic carbocycles. The molecule has 3 nitrogen and oxygen atoms in total. The van der Waals surface area contributed by atoms with E-state index in [0.717, 1.165) is 7.14 Å². The Morgan fingerprint density at radius 3 is 2.42 bits per heavy atom. The third-order valence-corrected chi connectivity index (χ3v) is 7.56. The molecule has 0 unspecified atom stereocenters. The summed E-state index contributed by atoms with van der Waals surface area (Å²) in [5.74, 6) is -0.185. The van der Waals surface area contributed by atoms with E-state index in [2.05, 4.69) is 0 Å².